The minimum absolute atomic E-state index is 0.0533. The molecule has 7 nitrogen and oxygen atoms in total. The van der Waals surface area contributed by atoms with Crippen molar-refractivity contribution >= 4 is 29.5 Å². The summed E-state index contributed by atoms with van der Waals surface area (Å²) in [5, 5.41) is 9.48. The van der Waals surface area contributed by atoms with Crippen LogP contribution < -0.4 is 0 Å². The van der Waals surface area contributed by atoms with Gasteiger partial charge in [-0.05, 0) is 30.7 Å². The maximum atomic E-state index is 14.3. The largest absolute Gasteiger partial charge is 0.465 e. The molecule has 3 aliphatic rings. The summed E-state index contributed by atoms with van der Waals surface area (Å²) in [6.07, 6.45) is 5.08. The average Bonchev–Trinajstić information content (AvgIpc) is 3.46. The Bertz CT molecular complexity index is 1000. The summed E-state index contributed by atoms with van der Waals surface area (Å²) < 4.78 is 4.84. The van der Waals surface area contributed by atoms with E-state index < -0.39 is 22.6 Å². The number of aliphatic hydroxyl groups is 1. The van der Waals surface area contributed by atoms with Crippen LogP contribution in [0.25, 0.3) is 0 Å². The van der Waals surface area contributed by atoms with Gasteiger partial charge in [-0.1, -0.05) is 49.4 Å². The lowest BCUT2D eigenvalue weighted by atomic mass is 9.66. The highest BCUT2D eigenvalue weighted by molar-refractivity contribution is 8.02. The van der Waals surface area contributed by atoms with E-state index in [1.165, 1.54) is 0 Å². The van der Waals surface area contributed by atoms with E-state index in [1.54, 1.807) is 33.7 Å². The number of fused-ring (bicyclic) bond motifs is 1. The number of carbonyl (C=O) groups excluding carboxylic acids is 3. The fraction of sp³-hybridized carbons (Fsp3) is 0.536. The van der Waals surface area contributed by atoms with Crippen LogP contribution in [0, 0.1) is 17.8 Å². The fourth-order valence-electron chi connectivity index (χ4n) is 6.25. The molecule has 3 aliphatic heterocycles. The molecule has 1 aromatic rings. The van der Waals surface area contributed by atoms with Crippen molar-refractivity contribution in [1.29, 1.82) is 0 Å². The lowest BCUT2D eigenvalue weighted by Crippen LogP contribution is -2.57. The Labute approximate surface area is 217 Å². The molecule has 1 N–H and O–H groups in total. The predicted octanol–water partition coefficient (Wildman–Crippen LogP) is 3.04. The highest BCUT2D eigenvalue weighted by Gasteiger charge is 2.76. The van der Waals surface area contributed by atoms with Crippen molar-refractivity contribution in [3.05, 3.63) is 61.2 Å². The van der Waals surface area contributed by atoms with Gasteiger partial charge in [0, 0.05) is 31.5 Å². The second-order valence-corrected chi connectivity index (χ2v) is 11.4. The van der Waals surface area contributed by atoms with Crippen LogP contribution in [0.4, 0.5) is 0 Å². The first kappa shape index (κ1) is 26.5. The van der Waals surface area contributed by atoms with E-state index >= 15 is 0 Å². The van der Waals surface area contributed by atoms with Gasteiger partial charge in [-0.25, -0.2) is 0 Å². The van der Waals surface area contributed by atoms with E-state index in [0.29, 0.717) is 25.9 Å². The van der Waals surface area contributed by atoms with Crippen LogP contribution in [0.3, 0.4) is 0 Å². The van der Waals surface area contributed by atoms with E-state index in [4.69, 9.17) is 4.74 Å². The molecule has 1 aromatic carbocycles. The number of ether oxygens (including phenoxy) is 1. The molecule has 3 heterocycles. The molecule has 2 amide bonds. The standard InChI is InChI=1S/C28H36N2O5S/c1-4-6-16-35-27(34)22-21-17-19(3)28(36-21)23(22)25(32)30(14-10-15-31)24(28)26(33)29(13-5-2)18-20-11-8-7-9-12-20/h4-5,7-9,11-12,19,21-24,31H,1-2,6,10,13-18H2,3H3/t19?,21-,22+,23-,24?,28?/m0/s1. The van der Waals surface area contributed by atoms with Gasteiger partial charge in [0.05, 0.1) is 23.2 Å². The van der Waals surface area contributed by atoms with E-state index in [0.717, 1.165) is 12.0 Å². The monoisotopic (exact) mass is 512 g/mol. The molecule has 3 saturated heterocycles. The Morgan fingerprint density at radius 2 is 2.03 bits per heavy atom. The summed E-state index contributed by atoms with van der Waals surface area (Å²) in [4.78, 5) is 44.8. The van der Waals surface area contributed by atoms with Crippen molar-refractivity contribution in [2.45, 2.75) is 48.8 Å². The number of carbonyl (C=O) groups is 3. The number of esters is 1. The van der Waals surface area contributed by atoms with Crippen molar-refractivity contribution in [3.8, 4) is 0 Å². The first-order valence-electron chi connectivity index (χ1n) is 12.7. The molecular formula is C28H36N2O5S. The van der Waals surface area contributed by atoms with Crippen LogP contribution >= 0.6 is 11.8 Å². The molecule has 194 valence electrons. The summed E-state index contributed by atoms with van der Waals surface area (Å²) in [7, 11) is 0. The Hall–Kier alpha value is -2.58. The highest BCUT2D eigenvalue weighted by Crippen LogP contribution is 2.68. The highest BCUT2D eigenvalue weighted by atomic mass is 32.2. The number of amides is 2. The molecule has 3 fully saturated rings. The molecule has 1 spiro atoms. The van der Waals surface area contributed by atoms with Crippen molar-refractivity contribution in [3.63, 3.8) is 0 Å². The van der Waals surface area contributed by atoms with Gasteiger partial charge in [0.2, 0.25) is 11.8 Å². The average molecular weight is 513 g/mol. The number of nitrogens with zero attached hydrogens (tertiary/aromatic N) is 2. The Balaban J connectivity index is 1.70. The number of likely N-dealkylation sites (tertiary alicyclic amines) is 1. The first-order chi connectivity index (χ1) is 17.4. The SMILES string of the molecule is C=CCCOC(=O)[C@@H]1[C@@H]2CC(C)C3(S2)C(C(=O)N(CC=C)Cc2ccccc2)N(CCCO)C(=O)[C@H]13. The van der Waals surface area contributed by atoms with Crippen LogP contribution in [-0.4, -0.2) is 75.0 Å². The normalized spacial score (nSPS) is 30.2. The second-order valence-electron chi connectivity index (χ2n) is 9.90. The van der Waals surface area contributed by atoms with E-state index in [9.17, 15) is 19.5 Å². The lowest BCUT2D eigenvalue weighted by Gasteiger charge is -2.40. The van der Waals surface area contributed by atoms with Crippen molar-refractivity contribution in [1.82, 2.24) is 9.80 Å². The molecular weight excluding hydrogens is 476 g/mol. The Morgan fingerprint density at radius 1 is 1.28 bits per heavy atom. The van der Waals surface area contributed by atoms with Gasteiger partial charge in [0.1, 0.15) is 6.04 Å². The lowest BCUT2D eigenvalue weighted by molar-refractivity contribution is -0.154. The number of thioether (sulfide) groups is 1. The van der Waals surface area contributed by atoms with Gasteiger partial charge in [-0.2, -0.15) is 0 Å². The number of aliphatic hydroxyl groups excluding tert-OH is 1. The molecule has 0 saturated carbocycles. The summed E-state index contributed by atoms with van der Waals surface area (Å²) in [6, 6.07) is 9.05. The molecule has 4 rings (SSSR count). The minimum atomic E-state index is -0.707. The van der Waals surface area contributed by atoms with Gasteiger partial charge >= 0.3 is 5.97 Å². The molecule has 0 radical (unpaired) electrons. The Morgan fingerprint density at radius 3 is 2.69 bits per heavy atom. The maximum absolute atomic E-state index is 14.3. The van der Waals surface area contributed by atoms with Gasteiger partial charge in [0.25, 0.3) is 0 Å². The van der Waals surface area contributed by atoms with E-state index in [1.807, 2.05) is 30.3 Å². The predicted molar refractivity (Wildman–Crippen MR) is 140 cm³/mol. The second kappa shape index (κ2) is 11.2. The molecule has 0 aromatic heterocycles. The van der Waals surface area contributed by atoms with Gasteiger partial charge in [-0.15, -0.1) is 24.9 Å². The topological polar surface area (TPSA) is 87.2 Å². The van der Waals surface area contributed by atoms with Crippen LogP contribution in [0.2, 0.25) is 0 Å². The molecule has 0 aliphatic carbocycles. The summed E-state index contributed by atoms with van der Waals surface area (Å²) >= 11 is 1.63. The Kier molecular flexibility index (Phi) is 8.25. The third-order valence-electron chi connectivity index (χ3n) is 7.75. The van der Waals surface area contributed by atoms with Crippen molar-refractivity contribution < 1.29 is 24.2 Å². The number of benzene rings is 1. The van der Waals surface area contributed by atoms with Gasteiger partial charge in [0.15, 0.2) is 0 Å². The molecule has 2 bridgehead atoms. The maximum Gasteiger partial charge on any atom is 0.310 e. The quantitative estimate of drug-likeness (QED) is 0.263. The van der Waals surface area contributed by atoms with Crippen LogP contribution in [0.5, 0.6) is 0 Å². The fourth-order valence-corrected chi connectivity index (χ4v) is 8.66. The first-order valence-corrected chi connectivity index (χ1v) is 13.6. The number of hydrogen-bond acceptors (Lipinski definition) is 6. The molecule has 36 heavy (non-hydrogen) atoms. The molecule has 3 unspecified atom stereocenters. The van der Waals surface area contributed by atoms with Crippen LogP contribution in [-0.2, 0) is 25.7 Å². The van der Waals surface area contributed by atoms with Crippen LogP contribution in [0.1, 0.15) is 31.7 Å². The zero-order chi connectivity index (χ0) is 25.9. The number of hydrogen-bond donors (Lipinski definition) is 1. The summed E-state index contributed by atoms with van der Waals surface area (Å²) in [5.41, 5.74) is 0.994. The molecule has 8 heteroatoms. The zero-order valence-electron chi connectivity index (χ0n) is 20.9. The van der Waals surface area contributed by atoms with Gasteiger partial charge in [-0.3, -0.25) is 14.4 Å². The minimum Gasteiger partial charge on any atom is -0.465 e. The summed E-state index contributed by atoms with van der Waals surface area (Å²) in [6.45, 7) is 10.8. The van der Waals surface area contributed by atoms with Crippen molar-refractivity contribution in [2.24, 2.45) is 17.8 Å². The third-order valence-corrected chi connectivity index (χ3v) is 9.83. The van der Waals surface area contributed by atoms with E-state index in [-0.39, 0.29) is 48.7 Å². The smallest absolute Gasteiger partial charge is 0.310 e. The van der Waals surface area contributed by atoms with Crippen molar-refractivity contribution in [2.75, 3.05) is 26.3 Å². The third kappa shape index (κ3) is 4.50. The zero-order valence-corrected chi connectivity index (χ0v) is 21.7. The van der Waals surface area contributed by atoms with Gasteiger partial charge < -0.3 is 19.6 Å². The molecule has 6 atom stereocenters. The number of rotatable bonds is 12. The van der Waals surface area contributed by atoms with Crippen LogP contribution in [0.15, 0.2) is 55.6 Å². The van der Waals surface area contributed by atoms with E-state index in [2.05, 4.69) is 20.1 Å². The summed E-state index contributed by atoms with van der Waals surface area (Å²) in [5.74, 6) is -1.76.